The van der Waals surface area contributed by atoms with Gasteiger partial charge in [-0.05, 0) is 54.1 Å². The van der Waals surface area contributed by atoms with E-state index in [-0.39, 0.29) is 11.6 Å². The van der Waals surface area contributed by atoms with E-state index in [1.54, 1.807) is 53.7 Å². The number of benzene rings is 2. The topological polar surface area (TPSA) is 89.5 Å². The van der Waals surface area contributed by atoms with Crippen LogP contribution in [0.4, 0.5) is 11.4 Å². The first kappa shape index (κ1) is 20.1. The number of hydrogen-bond acceptors (Lipinski definition) is 5. The van der Waals surface area contributed by atoms with E-state index in [4.69, 9.17) is 4.42 Å². The zero-order chi connectivity index (χ0) is 22.8. The molecule has 4 aromatic rings. The largest absolute Gasteiger partial charge is 0.457 e. The maximum absolute atomic E-state index is 13.3. The van der Waals surface area contributed by atoms with Gasteiger partial charge in [-0.2, -0.15) is 0 Å². The number of hydrogen-bond donors (Lipinski definition) is 0. The summed E-state index contributed by atoms with van der Waals surface area (Å²) in [6, 6.07) is 22.9. The summed E-state index contributed by atoms with van der Waals surface area (Å²) in [5.41, 5.74) is 3.53. The van der Waals surface area contributed by atoms with Crippen molar-refractivity contribution in [2.24, 2.45) is 0 Å². The van der Waals surface area contributed by atoms with Gasteiger partial charge in [0.2, 0.25) is 0 Å². The minimum Gasteiger partial charge on any atom is -0.457 e. The van der Waals surface area contributed by atoms with E-state index < -0.39 is 4.92 Å². The molecule has 0 unspecified atom stereocenters. The second-order valence-corrected chi connectivity index (χ2v) is 7.35. The molecule has 0 N–H and O–H groups in total. The molecule has 0 bridgehead atoms. The van der Waals surface area contributed by atoms with Crippen molar-refractivity contribution in [2.75, 3.05) is 4.90 Å². The molecule has 3 heterocycles. The molecule has 1 aliphatic rings. The molecule has 0 atom stereocenters. The van der Waals surface area contributed by atoms with Crippen molar-refractivity contribution >= 4 is 29.1 Å². The third kappa shape index (κ3) is 3.95. The number of furan rings is 1. The quantitative estimate of drug-likeness (QED) is 0.227. The van der Waals surface area contributed by atoms with E-state index in [1.807, 2.05) is 42.5 Å². The lowest BCUT2D eigenvalue weighted by Crippen LogP contribution is -2.25. The Hall–Kier alpha value is -4.78. The predicted octanol–water partition coefficient (Wildman–Crippen LogP) is 5.72. The fourth-order valence-corrected chi connectivity index (χ4v) is 3.67. The maximum atomic E-state index is 13.3. The molecule has 5 rings (SSSR count). The number of nitro groups is 1. The van der Waals surface area contributed by atoms with Crippen LogP contribution in [0.25, 0.3) is 23.1 Å². The van der Waals surface area contributed by atoms with Crippen LogP contribution in [0.1, 0.15) is 11.3 Å². The number of amides is 1. The molecular formula is C26H17N3O4. The van der Waals surface area contributed by atoms with Crippen molar-refractivity contribution in [2.45, 2.75) is 0 Å². The smallest absolute Gasteiger partial charge is 0.269 e. The Bertz CT molecular complexity index is 1390. The number of nitro benzene ring substituents is 1. The Balaban J connectivity index is 1.50. The van der Waals surface area contributed by atoms with Crippen LogP contribution in [0.2, 0.25) is 0 Å². The lowest BCUT2D eigenvalue weighted by molar-refractivity contribution is -0.384. The van der Waals surface area contributed by atoms with Gasteiger partial charge in [-0.3, -0.25) is 24.8 Å². The molecule has 7 heteroatoms. The van der Waals surface area contributed by atoms with Gasteiger partial charge in [0.15, 0.2) is 0 Å². The summed E-state index contributed by atoms with van der Waals surface area (Å²) in [5.74, 6) is 0.872. The van der Waals surface area contributed by atoms with Crippen LogP contribution >= 0.6 is 0 Å². The molecule has 0 saturated carbocycles. The van der Waals surface area contributed by atoms with Crippen molar-refractivity contribution in [3.8, 4) is 11.3 Å². The Morgan fingerprint density at radius 3 is 2.39 bits per heavy atom. The van der Waals surface area contributed by atoms with E-state index in [0.717, 1.165) is 11.3 Å². The summed E-state index contributed by atoms with van der Waals surface area (Å²) in [6.45, 7) is 0. The second kappa shape index (κ2) is 8.39. The summed E-state index contributed by atoms with van der Waals surface area (Å²) < 4.78 is 5.90. The maximum Gasteiger partial charge on any atom is 0.269 e. The molecule has 1 aliphatic heterocycles. The van der Waals surface area contributed by atoms with Crippen LogP contribution in [0.3, 0.4) is 0 Å². The number of rotatable bonds is 5. The molecule has 33 heavy (non-hydrogen) atoms. The Kier molecular flexibility index (Phi) is 5.12. The number of non-ortho nitro benzene ring substituents is 1. The number of nitrogens with zero attached hydrogens (tertiary/aromatic N) is 3. The molecule has 160 valence electrons. The highest BCUT2D eigenvalue weighted by Gasteiger charge is 2.30. The van der Waals surface area contributed by atoms with Crippen LogP contribution < -0.4 is 4.90 Å². The average Bonchev–Trinajstić information content (AvgIpc) is 3.45. The monoisotopic (exact) mass is 435 g/mol. The fraction of sp³-hybridized carbons (Fsp3) is 0. The zero-order valence-corrected chi connectivity index (χ0v) is 17.3. The molecular weight excluding hydrogens is 418 g/mol. The SMILES string of the molecule is O=C1C(=Cc2ccc(-c3ccc([N+](=O)[O-])cc3)o2)C=C(c2ccccc2)N1c1cccnc1. The third-order valence-electron chi connectivity index (χ3n) is 5.24. The van der Waals surface area contributed by atoms with Gasteiger partial charge in [0.25, 0.3) is 11.6 Å². The molecule has 7 nitrogen and oxygen atoms in total. The predicted molar refractivity (Wildman–Crippen MR) is 125 cm³/mol. The third-order valence-corrected chi connectivity index (χ3v) is 5.24. The standard InChI is InChI=1S/C26H17N3O4/c30-26-20(15-23-12-13-25(33-23)19-8-10-21(11-9-19)29(31)32)16-24(18-5-2-1-3-6-18)28(26)22-7-4-14-27-17-22/h1-17H. The molecule has 2 aromatic heterocycles. The summed E-state index contributed by atoms with van der Waals surface area (Å²) in [5, 5.41) is 10.9. The number of aromatic nitrogens is 1. The fourth-order valence-electron chi connectivity index (χ4n) is 3.67. The van der Waals surface area contributed by atoms with Crippen LogP contribution in [0, 0.1) is 10.1 Å². The first-order valence-electron chi connectivity index (χ1n) is 10.2. The molecule has 0 aliphatic carbocycles. The van der Waals surface area contributed by atoms with Gasteiger partial charge in [-0.1, -0.05) is 30.3 Å². The van der Waals surface area contributed by atoms with Crippen LogP contribution in [-0.4, -0.2) is 15.8 Å². The minimum atomic E-state index is -0.446. The lowest BCUT2D eigenvalue weighted by atomic mass is 10.1. The number of pyridine rings is 1. The Morgan fingerprint density at radius 2 is 1.70 bits per heavy atom. The van der Waals surface area contributed by atoms with Gasteiger partial charge in [0.05, 0.1) is 22.5 Å². The molecule has 0 spiro atoms. The Labute approximate surface area is 189 Å². The minimum absolute atomic E-state index is 0.0123. The van der Waals surface area contributed by atoms with E-state index in [9.17, 15) is 14.9 Å². The summed E-state index contributed by atoms with van der Waals surface area (Å²) >= 11 is 0. The van der Waals surface area contributed by atoms with Gasteiger partial charge in [0.1, 0.15) is 11.5 Å². The van der Waals surface area contributed by atoms with Crippen molar-refractivity contribution in [1.29, 1.82) is 0 Å². The average molecular weight is 435 g/mol. The lowest BCUT2D eigenvalue weighted by Gasteiger charge is -2.20. The van der Waals surface area contributed by atoms with Crippen molar-refractivity contribution in [1.82, 2.24) is 4.98 Å². The molecule has 0 fully saturated rings. The Morgan fingerprint density at radius 1 is 0.909 bits per heavy atom. The normalized spacial score (nSPS) is 14.5. The second-order valence-electron chi connectivity index (χ2n) is 7.35. The van der Waals surface area contributed by atoms with Gasteiger partial charge in [-0.25, -0.2) is 0 Å². The van der Waals surface area contributed by atoms with E-state index in [1.165, 1.54) is 12.1 Å². The van der Waals surface area contributed by atoms with Gasteiger partial charge in [0, 0.05) is 29.5 Å². The van der Waals surface area contributed by atoms with Crippen molar-refractivity contribution in [3.63, 3.8) is 0 Å². The van der Waals surface area contributed by atoms with Crippen molar-refractivity contribution in [3.05, 3.63) is 124 Å². The highest BCUT2D eigenvalue weighted by molar-refractivity contribution is 6.22. The number of anilines is 1. The first-order valence-corrected chi connectivity index (χ1v) is 10.2. The first-order chi connectivity index (χ1) is 16.1. The molecule has 2 aromatic carbocycles. The highest BCUT2D eigenvalue weighted by atomic mass is 16.6. The summed E-state index contributed by atoms with van der Waals surface area (Å²) in [4.78, 5) is 29.5. The van der Waals surface area contributed by atoms with E-state index >= 15 is 0 Å². The summed E-state index contributed by atoms with van der Waals surface area (Å²) in [7, 11) is 0. The van der Waals surface area contributed by atoms with Crippen LogP contribution in [0.5, 0.6) is 0 Å². The van der Waals surface area contributed by atoms with Crippen LogP contribution in [0.15, 0.2) is 107 Å². The van der Waals surface area contributed by atoms with Crippen LogP contribution in [-0.2, 0) is 4.79 Å². The van der Waals surface area contributed by atoms with Crippen molar-refractivity contribution < 1.29 is 14.1 Å². The molecule has 0 radical (unpaired) electrons. The molecule has 1 amide bonds. The van der Waals surface area contributed by atoms with E-state index in [2.05, 4.69) is 4.98 Å². The number of carbonyl (C=O) groups is 1. The zero-order valence-electron chi connectivity index (χ0n) is 17.3. The summed E-state index contributed by atoms with van der Waals surface area (Å²) in [6.07, 6.45) is 6.84. The molecule has 0 saturated heterocycles. The van der Waals surface area contributed by atoms with Gasteiger partial charge in [-0.15, -0.1) is 0 Å². The van der Waals surface area contributed by atoms with Gasteiger partial charge >= 0.3 is 0 Å². The number of carbonyl (C=O) groups excluding carboxylic acids is 1. The van der Waals surface area contributed by atoms with Gasteiger partial charge < -0.3 is 4.42 Å². The van der Waals surface area contributed by atoms with E-state index in [0.29, 0.717) is 28.3 Å². The highest BCUT2D eigenvalue weighted by Crippen LogP contribution is 2.35.